The summed E-state index contributed by atoms with van der Waals surface area (Å²) in [5.74, 6) is 6.30. The Labute approximate surface area is 67.4 Å². The number of hydrogen-bond acceptors (Lipinski definition) is 1. The molecule has 0 N–H and O–H groups in total. The molecule has 0 aromatic carbocycles. The van der Waals surface area contributed by atoms with Crippen LogP contribution in [0.3, 0.4) is 0 Å². The molecule has 0 aromatic heterocycles. The van der Waals surface area contributed by atoms with Crippen LogP contribution in [0.15, 0.2) is 23.4 Å². The molecular formula is C10H11N. The summed E-state index contributed by atoms with van der Waals surface area (Å²) in [5.41, 5.74) is 2.65. The molecule has 56 valence electrons. The monoisotopic (exact) mass is 145 g/mol. The first-order chi connectivity index (χ1) is 5.38. The minimum absolute atomic E-state index is 0.904. The van der Waals surface area contributed by atoms with Crippen molar-refractivity contribution in [3.8, 4) is 11.8 Å². The maximum absolute atomic E-state index is 3.19. The lowest BCUT2D eigenvalue weighted by Crippen LogP contribution is -2.11. The van der Waals surface area contributed by atoms with Crippen LogP contribution in [0.5, 0.6) is 0 Å². The van der Waals surface area contributed by atoms with Crippen LogP contribution in [0.25, 0.3) is 0 Å². The van der Waals surface area contributed by atoms with Gasteiger partial charge in [-0.2, -0.15) is 0 Å². The van der Waals surface area contributed by atoms with Gasteiger partial charge in [0.2, 0.25) is 0 Å². The highest BCUT2D eigenvalue weighted by Crippen LogP contribution is 2.22. The van der Waals surface area contributed by atoms with Crippen LogP contribution >= 0.6 is 0 Å². The van der Waals surface area contributed by atoms with Gasteiger partial charge in [-0.1, -0.05) is 18.1 Å². The molecule has 0 unspecified atom stereocenters. The minimum atomic E-state index is 0.904. The zero-order valence-corrected chi connectivity index (χ0v) is 6.72. The van der Waals surface area contributed by atoms with Crippen molar-refractivity contribution in [1.29, 1.82) is 0 Å². The van der Waals surface area contributed by atoms with Crippen LogP contribution in [0.4, 0.5) is 0 Å². The molecule has 1 nitrogen and oxygen atoms in total. The van der Waals surface area contributed by atoms with Gasteiger partial charge in [-0.3, -0.25) is 0 Å². The molecule has 2 aliphatic rings. The quantitative estimate of drug-likeness (QED) is 0.467. The summed E-state index contributed by atoms with van der Waals surface area (Å²) in [6, 6.07) is 0. The van der Waals surface area contributed by atoms with Crippen LogP contribution in [0.2, 0.25) is 0 Å². The van der Waals surface area contributed by atoms with E-state index >= 15 is 0 Å². The SMILES string of the molecule is CN1CCC2=C1C#CCC=C2. The van der Waals surface area contributed by atoms with Crippen molar-refractivity contribution in [2.24, 2.45) is 0 Å². The van der Waals surface area contributed by atoms with Gasteiger partial charge in [0.1, 0.15) is 0 Å². The van der Waals surface area contributed by atoms with Gasteiger partial charge in [0, 0.05) is 20.0 Å². The second-order valence-electron chi connectivity index (χ2n) is 2.95. The third-order valence-corrected chi connectivity index (χ3v) is 2.15. The van der Waals surface area contributed by atoms with Crippen LogP contribution in [0, 0.1) is 11.8 Å². The van der Waals surface area contributed by atoms with E-state index in [4.69, 9.17) is 0 Å². The molecule has 0 saturated carbocycles. The van der Waals surface area contributed by atoms with Crippen LogP contribution in [-0.4, -0.2) is 18.5 Å². The Balaban J connectivity index is 2.41. The van der Waals surface area contributed by atoms with E-state index < -0.39 is 0 Å². The lowest BCUT2D eigenvalue weighted by molar-refractivity contribution is 0.475. The standard InChI is InChI=1S/C10H11N/c1-11-8-7-9-5-3-2-4-6-10(9)11/h3,5H,2,7-8H2,1H3. The zero-order valence-electron chi connectivity index (χ0n) is 6.72. The molecule has 1 aliphatic heterocycles. The Hall–Kier alpha value is -1.16. The highest BCUT2D eigenvalue weighted by Gasteiger charge is 2.15. The largest absolute Gasteiger partial charge is 0.367 e. The number of nitrogens with zero attached hydrogens (tertiary/aromatic N) is 1. The van der Waals surface area contributed by atoms with Gasteiger partial charge in [0.05, 0.1) is 5.70 Å². The Bertz CT molecular complexity index is 286. The number of allylic oxidation sites excluding steroid dienone is 3. The van der Waals surface area contributed by atoms with E-state index in [-0.39, 0.29) is 0 Å². The van der Waals surface area contributed by atoms with Crippen molar-refractivity contribution in [2.45, 2.75) is 12.8 Å². The van der Waals surface area contributed by atoms with E-state index in [9.17, 15) is 0 Å². The summed E-state index contributed by atoms with van der Waals surface area (Å²) in [4.78, 5) is 2.23. The third kappa shape index (κ3) is 1.05. The summed E-state index contributed by atoms with van der Waals surface area (Å²) in [6.07, 6.45) is 6.41. The molecular weight excluding hydrogens is 134 g/mol. The fourth-order valence-corrected chi connectivity index (χ4v) is 1.50. The van der Waals surface area contributed by atoms with Crippen LogP contribution in [-0.2, 0) is 0 Å². The van der Waals surface area contributed by atoms with E-state index in [0.717, 1.165) is 19.4 Å². The molecule has 0 amide bonds. The zero-order chi connectivity index (χ0) is 7.68. The normalized spacial score (nSPS) is 21.0. The Kier molecular flexibility index (Phi) is 1.47. The lowest BCUT2D eigenvalue weighted by atomic mass is 10.2. The average Bonchev–Trinajstić information content (AvgIpc) is 2.25. The van der Waals surface area contributed by atoms with Gasteiger partial charge in [-0.05, 0) is 17.9 Å². The number of hydrogen-bond donors (Lipinski definition) is 0. The highest BCUT2D eigenvalue weighted by molar-refractivity contribution is 5.43. The predicted molar refractivity (Wildman–Crippen MR) is 45.8 cm³/mol. The summed E-state index contributed by atoms with van der Waals surface area (Å²) < 4.78 is 0. The Morgan fingerprint density at radius 2 is 2.45 bits per heavy atom. The lowest BCUT2D eigenvalue weighted by Gasteiger charge is -2.09. The molecule has 0 atom stereocenters. The first-order valence-electron chi connectivity index (χ1n) is 3.97. The summed E-state index contributed by atoms with van der Waals surface area (Å²) >= 11 is 0. The van der Waals surface area contributed by atoms with E-state index in [2.05, 4.69) is 35.9 Å². The fraction of sp³-hybridized carbons (Fsp3) is 0.400. The topological polar surface area (TPSA) is 3.24 Å². The molecule has 2 rings (SSSR count). The molecule has 0 radical (unpaired) electrons. The second-order valence-corrected chi connectivity index (χ2v) is 2.95. The van der Waals surface area contributed by atoms with Gasteiger partial charge in [-0.25, -0.2) is 0 Å². The van der Waals surface area contributed by atoms with Crippen LogP contribution in [0.1, 0.15) is 12.8 Å². The Morgan fingerprint density at radius 1 is 1.55 bits per heavy atom. The van der Waals surface area contributed by atoms with Gasteiger partial charge in [0.15, 0.2) is 0 Å². The molecule has 1 heterocycles. The van der Waals surface area contributed by atoms with Gasteiger partial charge >= 0.3 is 0 Å². The minimum Gasteiger partial charge on any atom is -0.367 e. The summed E-state index contributed by atoms with van der Waals surface area (Å²) in [6.45, 7) is 1.13. The van der Waals surface area contributed by atoms with Gasteiger partial charge in [0.25, 0.3) is 0 Å². The smallest absolute Gasteiger partial charge is 0.0909 e. The molecule has 11 heavy (non-hydrogen) atoms. The molecule has 0 fully saturated rings. The highest BCUT2D eigenvalue weighted by atomic mass is 15.1. The molecule has 0 saturated heterocycles. The van der Waals surface area contributed by atoms with Crippen LogP contribution < -0.4 is 0 Å². The maximum Gasteiger partial charge on any atom is 0.0909 e. The van der Waals surface area contributed by atoms with Gasteiger partial charge < -0.3 is 4.90 Å². The van der Waals surface area contributed by atoms with Crippen molar-refractivity contribution in [2.75, 3.05) is 13.6 Å². The average molecular weight is 145 g/mol. The van der Waals surface area contributed by atoms with Crippen molar-refractivity contribution in [3.63, 3.8) is 0 Å². The summed E-state index contributed by atoms with van der Waals surface area (Å²) in [5, 5.41) is 0. The van der Waals surface area contributed by atoms with E-state index in [1.807, 2.05) is 0 Å². The van der Waals surface area contributed by atoms with E-state index in [1.165, 1.54) is 11.3 Å². The Morgan fingerprint density at radius 3 is 3.36 bits per heavy atom. The molecule has 0 aromatic rings. The maximum atomic E-state index is 3.19. The number of rotatable bonds is 0. The summed E-state index contributed by atoms with van der Waals surface area (Å²) in [7, 11) is 2.11. The molecule has 0 spiro atoms. The molecule has 1 aliphatic carbocycles. The molecule has 1 heteroatoms. The fourth-order valence-electron chi connectivity index (χ4n) is 1.50. The van der Waals surface area contributed by atoms with Crippen molar-refractivity contribution < 1.29 is 0 Å². The second kappa shape index (κ2) is 2.47. The van der Waals surface area contributed by atoms with Crippen molar-refractivity contribution in [1.82, 2.24) is 4.90 Å². The van der Waals surface area contributed by atoms with E-state index in [1.54, 1.807) is 0 Å². The van der Waals surface area contributed by atoms with Gasteiger partial charge in [-0.15, -0.1) is 0 Å². The molecule has 0 bridgehead atoms. The predicted octanol–water partition coefficient (Wildman–Crippen LogP) is 1.54. The third-order valence-electron chi connectivity index (χ3n) is 2.15. The van der Waals surface area contributed by atoms with Crippen molar-refractivity contribution in [3.05, 3.63) is 23.4 Å². The van der Waals surface area contributed by atoms with Crippen molar-refractivity contribution >= 4 is 0 Å². The first-order valence-corrected chi connectivity index (χ1v) is 3.97. The van der Waals surface area contributed by atoms with E-state index in [0.29, 0.717) is 0 Å². The first kappa shape index (κ1) is 6.54.